The number of fused-ring (bicyclic) bond motifs is 1. The van der Waals surface area contributed by atoms with Crippen molar-refractivity contribution >= 4 is 16.8 Å². The smallest absolute Gasteiger partial charge is 0.252 e. The van der Waals surface area contributed by atoms with E-state index in [2.05, 4.69) is 17.4 Å². The molecular formula is C31H25FN2O. The molecule has 1 aromatic heterocycles. The third-order valence-corrected chi connectivity index (χ3v) is 6.14. The summed E-state index contributed by atoms with van der Waals surface area (Å²) in [6.07, 6.45) is 0.670. The lowest BCUT2D eigenvalue weighted by Crippen LogP contribution is -2.30. The topological polar surface area (TPSA) is 42.0 Å². The summed E-state index contributed by atoms with van der Waals surface area (Å²) in [5, 5.41) is 4.06. The molecule has 0 fully saturated rings. The maximum atomic E-state index is 13.8. The Morgan fingerprint density at radius 1 is 0.857 bits per heavy atom. The Hall–Kier alpha value is -4.31. The second kappa shape index (κ2) is 9.90. The second-order valence-electron chi connectivity index (χ2n) is 8.71. The van der Waals surface area contributed by atoms with Gasteiger partial charge >= 0.3 is 0 Å². The Labute approximate surface area is 204 Å². The number of aromatic nitrogens is 1. The van der Waals surface area contributed by atoms with Gasteiger partial charge in [0.1, 0.15) is 5.82 Å². The Morgan fingerprint density at radius 3 is 2.26 bits per heavy atom. The zero-order valence-corrected chi connectivity index (χ0v) is 19.4. The largest absolute Gasteiger partial charge is 0.345 e. The fourth-order valence-corrected chi connectivity index (χ4v) is 4.32. The summed E-state index contributed by atoms with van der Waals surface area (Å²) in [7, 11) is 0. The first-order valence-corrected chi connectivity index (χ1v) is 11.6. The van der Waals surface area contributed by atoms with Crippen LogP contribution in [0, 0.1) is 12.7 Å². The van der Waals surface area contributed by atoms with E-state index in [0.717, 1.165) is 33.2 Å². The number of hydrogen-bond donors (Lipinski definition) is 1. The van der Waals surface area contributed by atoms with E-state index in [1.54, 1.807) is 18.2 Å². The van der Waals surface area contributed by atoms with Crippen LogP contribution in [0.15, 0.2) is 109 Å². The van der Waals surface area contributed by atoms with E-state index in [1.807, 2.05) is 73.7 Å². The van der Waals surface area contributed by atoms with Gasteiger partial charge in [0.05, 0.1) is 22.8 Å². The van der Waals surface area contributed by atoms with E-state index in [-0.39, 0.29) is 17.8 Å². The first-order valence-electron chi connectivity index (χ1n) is 11.6. The van der Waals surface area contributed by atoms with Crippen LogP contribution in [0.4, 0.5) is 4.39 Å². The summed E-state index contributed by atoms with van der Waals surface area (Å²) < 4.78 is 13.5. The fraction of sp³-hybridized carbons (Fsp3) is 0.0968. The van der Waals surface area contributed by atoms with Gasteiger partial charge in [-0.2, -0.15) is 0 Å². The predicted octanol–water partition coefficient (Wildman–Crippen LogP) is 7.06. The molecule has 0 spiro atoms. The summed E-state index contributed by atoms with van der Waals surface area (Å²) >= 11 is 0. The molecule has 35 heavy (non-hydrogen) atoms. The number of pyridine rings is 1. The van der Waals surface area contributed by atoms with E-state index < -0.39 is 0 Å². The van der Waals surface area contributed by atoms with Crippen molar-refractivity contribution in [3.8, 4) is 11.3 Å². The van der Waals surface area contributed by atoms with Crippen molar-refractivity contribution in [2.75, 3.05) is 0 Å². The number of benzene rings is 4. The van der Waals surface area contributed by atoms with Crippen LogP contribution in [0.1, 0.15) is 33.1 Å². The van der Waals surface area contributed by atoms with Crippen LogP contribution in [0.5, 0.6) is 0 Å². The maximum absolute atomic E-state index is 13.8. The molecule has 4 aromatic carbocycles. The Morgan fingerprint density at radius 2 is 1.54 bits per heavy atom. The maximum Gasteiger partial charge on any atom is 0.252 e. The average molecular weight is 461 g/mol. The molecule has 5 rings (SSSR count). The third-order valence-electron chi connectivity index (χ3n) is 6.14. The van der Waals surface area contributed by atoms with Gasteiger partial charge in [-0.3, -0.25) is 4.79 Å². The van der Waals surface area contributed by atoms with Gasteiger partial charge in [-0.1, -0.05) is 72.3 Å². The number of hydrogen-bond acceptors (Lipinski definition) is 2. The van der Waals surface area contributed by atoms with Crippen molar-refractivity contribution in [3.05, 3.63) is 137 Å². The lowest BCUT2D eigenvalue weighted by molar-refractivity contribution is 0.0938. The number of rotatable bonds is 6. The number of carbonyl (C=O) groups excluding carboxylic acids is 1. The first kappa shape index (κ1) is 22.5. The molecule has 1 amide bonds. The Kier molecular flexibility index (Phi) is 6.36. The van der Waals surface area contributed by atoms with Crippen molar-refractivity contribution < 1.29 is 9.18 Å². The molecule has 0 radical (unpaired) electrons. The van der Waals surface area contributed by atoms with Gasteiger partial charge in [0.25, 0.3) is 5.91 Å². The fourth-order valence-electron chi connectivity index (χ4n) is 4.32. The van der Waals surface area contributed by atoms with Crippen LogP contribution in [-0.4, -0.2) is 10.9 Å². The SMILES string of the molecule is Cc1ccc2nc(-c3ccc(F)cc3)cc(C(=O)NC(Cc3ccccc3)c3ccccc3)c2c1. The van der Waals surface area contributed by atoms with Crippen LogP contribution in [-0.2, 0) is 6.42 Å². The lowest BCUT2D eigenvalue weighted by Gasteiger charge is -2.20. The van der Waals surface area contributed by atoms with Crippen LogP contribution in [0.25, 0.3) is 22.2 Å². The van der Waals surface area contributed by atoms with Gasteiger partial charge in [-0.05, 0) is 66.9 Å². The van der Waals surface area contributed by atoms with Gasteiger partial charge in [0.2, 0.25) is 0 Å². The molecule has 0 aliphatic heterocycles. The molecular weight excluding hydrogens is 435 g/mol. The van der Waals surface area contributed by atoms with Gasteiger partial charge in [-0.15, -0.1) is 0 Å². The molecule has 0 bridgehead atoms. The number of aryl methyl sites for hydroxylation is 1. The minimum atomic E-state index is -0.310. The highest BCUT2D eigenvalue weighted by atomic mass is 19.1. The summed E-state index contributed by atoms with van der Waals surface area (Å²) in [5.74, 6) is -0.481. The molecule has 0 aliphatic rings. The highest BCUT2D eigenvalue weighted by molar-refractivity contribution is 6.07. The highest BCUT2D eigenvalue weighted by Crippen LogP contribution is 2.27. The van der Waals surface area contributed by atoms with Crippen LogP contribution < -0.4 is 5.32 Å². The first-order chi connectivity index (χ1) is 17.1. The molecule has 0 aliphatic carbocycles. The molecule has 1 atom stereocenters. The van der Waals surface area contributed by atoms with Gasteiger partial charge in [-0.25, -0.2) is 9.37 Å². The van der Waals surface area contributed by atoms with Crippen molar-refractivity contribution in [2.24, 2.45) is 0 Å². The van der Waals surface area contributed by atoms with Crippen molar-refractivity contribution in [3.63, 3.8) is 0 Å². The Bertz CT molecular complexity index is 1470. The van der Waals surface area contributed by atoms with Gasteiger partial charge in [0.15, 0.2) is 0 Å². The normalized spacial score (nSPS) is 11.8. The lowest BCUT2D eigenvalue weighted by atomic mass is 9.97. The van der Waals surface area contributed by atoms with E-state index in [4.69, 9.17) is 4.98 Å². The third kappa shape index (κ3) is 5.12. The van der Waals surface area contributed by atoms with E-state index >= 15 is 0 Å². The molecule has 1 N–H and O–H groups in total. The number of nitrogens with zero attached hydrogens (tertiary/aromatic N) is 1. The molecule has 4 heteroatoms. The summed E-state index contributed by atoms with van der Waals surface area (Å²) in [5.41, 5.74) is 5.89. The van der Waals surface area contributed by atoms with Crippen molar-refractivity contribution in [2.45, 2.75) is 19.4 Å². The number of carbonyl (C=O) groups is 1. The molecule has 5 aromatic rings. The van der Waals surface area contributed by atoms with E-state index in [0.29, 0.717) is 17.7 Å². The zero-order valence-electron chi connectivity index (χ0n) is 19.4. The van der Waals surface area contributed by atoms with E-state index in [1.165, 1.54) is 12.1 Å². The quantitative estimate of drug-likeness (QED) is 0.295. The minimum absolute atomic E-state index is 0.170. The summed E-state index contributed by atoms with van der Waals surface area (Å²) in [6, 6.07) is 33.8. The summed E-state index contributed by atoms with van der Waals surface area (Å²) in [4.78, 5) is 18.5. The van der Waals surface area contributed by atoms with Crippen molar-refractivity contribution in [1.82, 2.24) is 10.3 Å². The minimum Gasteiger partial charge on any atom is -0.345 e. The molecule has 0 saturated heterocycles. The van der Waals surface area contributed by atoms with E-state index in [9.17, 15) is 9.18 Å². The molecule has 0 saturated carbocycles. The summed E-state index contributed by atoms with van der Waals surface area (Å²) in [6.45, 7) is 2.00. The zero-order chi connectivity index (χ0) is 24.2. The Balaban J connectivity index is 1.56. The average Bonchev–Trinajstić information content (AvgIpc) is 2.89. The van der Waals surface area contributed by atoms with Crippen LogP contribution in [0.3, 0.4) is 0 Å². The molecule has 3 nitrogen and oxygen atoms in total. The second-order valence-corrected chi connectivity index (χ2v) is 8.71. The number of nitrogens with one attached hydrogen (secondary N) is 1. The predicted molar refractivity (Wildman–Crippen MR) is 139 cm³/mol. The van der Waals surface area contributed by atoms with Gasteiger partial charge < -0.3 is 5.32 Å². The number of amides is 1. The number of halogens is 1. The van der Waals surface area contributed by atoms with Crippen LogP contribution in [0.2, 0.25) is 0 Å². The van der Waals surface area contributed by atoms with Crippen molar-refractivity contribution in [1.29, 1.82) is 0 Å². The molecule has 1 heterocycles. The highest BCUT2D eigenvalue weighted by Gasteiger charge is 2.20. The van der Waals surface area contributed by atoms with Gasteiger partial charge in [0, 0.05) is 10.9 Å². The monoisotopic (exact) mass is 460 g/mol. The molecule has 172 valence electrons. The molecule has 1 unspecified atom stereocenters. The van der Waals surface area contributed by atoms with Crippen LogP contribution >= 0.6 is 0 Å². The standard InChI is InChI=1S/C31H25FN2O/c1-21-12-17-28-26(18-21)27(20-30(33-28)24-13-15-25(32)16-14-24)31(35)34-29(23-10-6-3-7-11-23)19-22-8-4-2-5-9-22/h2-18,20,29H,19H2,1H3,(H,34,35).